The predicted octanol–water partition coefficient (Wildman–Crippen LogP) is 2.04. The first-order valence-corrected chi connectivity index (χ1v) is 7.88. The lowest BCUT2D eigenvalue weighted by Crippen LogP contribution is -2.12. The molecule has 1 amide bonds. The van der Waals surface area contributed by atoms with Crippen molar-refractivity contribution in [3.8, 4) is 28.5 Å². The average Bonchev–Trinajstić information content (AvgIpc) is 3.16. The molecule has 0 aliphatic heterocycles. The number of H-pyrrole nitrogens is 1. The largest absolute Gasteiger partial charge is 0.493 e. The first kappa shape index (κ1) is 17.3. The van der Waals surface area contributed by atoms with E-state index in [-0.39, 0.29) is 5.69 Å². The molecule has 0 saturated carbocycles. The molecule has 0 radical (unpaired) electrons. The van der Waals surface area contributed by atoms with Crippen LogP contribution < -0.4 is 19.9 Å². The summed E-state index contributed by atoms with van der Waals surface area (Å²) >= 11 is 0. The lowest BCUT2D eigenvalue weighted by atomic mass is 10.1. The number of carbonyl (C=O) groups excluding carboxylic acids is 1. The fourth-order valence-corrected chi connectivity index (χ4v) is 2.37. The summed E-state index contributed by atoms with van der Waals surface area (Å²) < 4.78 is 16.7. The van der Waals surface area contributed by atoms with Gasteiger partial charge in [0.25, 0.3) is 5.91 Å². The number of amides is 1. The third-order valence-corrected chi connectivity index (χ3v) is 3.57. The van der Waals surface area contributed by atoms with Crippen LogP contribution in [0.5, 0.6) is 17.2 Å². The summed E-state index contributed by atoms with van der Waals surface area (Å²) in [5.74, 6) is 1.17. The van der Waals surface area contributed by atoms with Crippen LogP contribution in [0.15, 0.2) is 48.5 Å². The Kier molecular flexibility index (Phi) is 5.33. The number of benzene rings is 2. The SMILES string of the molecule is COc1cc(-c2n[nH]nc2C(N)=O)ccc1OCCOc1ccccc1. The Morgan fingerprint density at radius 2 is 1.81 bits per heavy atom. The second-order valence-electron chi connectivity index (χ2n) is 5.26. The molecule has 2 aromatic carbocycles. The molecule has 8 heteroatoms. The number of nitrogens with zero attached hydrogens (tertiary/aromatic N) is 2. The smallest absolute Gasteiger partial charge is 0.271 e. The van der Waals surface area contributed by atoms with E-state index in [2.05, 4.69) is 15.4 Å². The minimum Gasteiger partial charge on any atom is -0.493 e. The van der Waals surface area contributed by atoms with Crippen molar-refractivity contribution in [3.63, 3.8) is 0 Å². The van der Waals surface area contributed by atoms with E-state index in [1.54, 1.807) is 18.2 Å². The Morgan fingerprint density at radius 3 is 2.54 bits per heavy atom. The van der Waals surface area contributed by atoms with Crippen molar-refractivity contribution in [3.05, 3.63) is 54.2 Å². The van der Waals surface area contributed by atoms with Crippen LogP contribution in [0.1, 0.15) is 10.5 Å². The summed E-state index contributed by atoms with van der Waals surface area (Å²) in [5, 5.41) is 10.1. The lowest BCUT2D eigenvalue weighted by Gasteiger charge is -2.12. The fraction of sp³-hybridized carbons (Fsp3) is 0.167. The van der Waals surface area contributed by atoms with Crippen LogP contribution in [-0.2, 0) is 0 Å². The third-order valence-electron chi connectivity index (χ3n) is 3.57. The van der Waals surface area contributed by atoms with Gasteiger partial charge in [0.2, 0.25) is 0 Å². The van der Waals surface area contributed by atoms with Crippen LogP contribution in [0.2, 0.25) is 0 Å². The van der Waals surface area contributed by atoms with Gasteiger partial charge in [0, 0.05) is 5.56 Å². The highest BCUT2D eigenvalue weighted by atomic mass is 16.5. The lowest BCUT2D eigenvalue weighted by molar-refractivity contribution is 0.0996. The predicted molar refractivity (Wildman–Crippen MR) is 94.3 cm³/mol. The molecule has 0 fully saturated rings. The van der Waals surface area contributed by atoms with E-state index < -0.39 is 5.91 Å². The molecule has 0 bridgehead atoms. The molecule has 0 aliphatic carbocycles. The fourth-order valence-electron chi connectivity index (χ4n) is 2.37. The maximum absolute atomic E-state index is 11.4. The number of hydrogen-bond acceptors (Lipinski definition) is 6. The molecular weight excluding hydrogens is 336 g/mol. The Morgan fingerprint density at radius 1 is 1.04 bits per heavy atom. The monoisotopic (exact) mass is 354 g/mol. The van der Waals surface area contributed by atoms with Crippen LogP contribution in [0.3, 0.4) is 0 Å². The van der Waals surface area contributed by atoms with Crippen LogP contribution in [0.4, 0.5) is 0 Å². The van der Waals surface area contributed by atoms with Crippen molar-refractivity contribution in [2.75, 3.05) is 20.3 Å². The van der Waals surface area contributed by atoms with Gasteiger partial charge in [0.1, 0.15) is 24.7 Å². The topological polar surface area (TPSA) is 112 Å². The number of nitrogens with two attached hydrogens (primary N) is 1. The summed E-state index contributed by atoms with van der Waals surface area (Å²) in [6.45, 7) is 0.741. The standard InChI is InChI=1S/C18H18N4O4/c1-24-15-11-12(16-17(18(19)23)21-22-20-16)7-8-14(15)26-10-9-25-13-5-3-2-4-6-13/h2-8,11H,9-10H2,1H3,(H2,19,23)(H,20,21,22). The number of aromatic nitrogens is 3. The first-order valence-electron chi connectivity index (χ1n) is 7.88. The summed E-state index contributed by atoms with van der Waals surface area (Å²) in [5.41, 5.74) is 6.35. The minimum atomic E-state index is -0.661. The normalized spacial score (nSPS) is 10.3. The third kappa shape index (κ3) is 3.92. The summed E-state index contributed by atoms with van der Waals surface area (Å²) in [7, 11) is 1.53. The summed E-state index contributed by atoms with van der Waals surface area (Å²) in [6.07, 6.45) is 0. The van der Waals surface area contributed by atoms with Gasteiger partial charge in [-0.2, -0.15) is 15.4 Å². The Bertz CT molecular complexity index is 880. The van der Waals surface area contributed by atoms with Gasteiger partial charge in [-0.05, 0) is 30.3 Å². The zero-order valence-electron chi connectivity index (χ0n) is 14.1. The number of ether oxygens (including phenoxy) is 3. The molecular formula is C18H18N4O4. The van der Waals surface area contributed by atoms with Crippen LogP contribution >= 0.6 is 0 Å². The van der Waals surface area contributed by atoms with Crippen LogP contribution in [-0.4, -0.2) is 41.6 Å². The van der Waals surface area contributed by atoms with Crippen molar-refractivity contribution in [1.82, 2.24) is 15.4 Å². The maximum atomic E-state index is 11.4. The maximum Gasteiger partial charge on any atom is 0.271 e. The van der Waals surface area contributed by atoms with Gasteiger partial charge in [-0.25, -0.2) is 0 Å². The van der Waals surface area contributed by atoms with Gasteiger partial charge >= 0.3 is 0 Å². The second kappa shape index (κ2) is 8.02. The van der Waals surface area contributed by atoms with Crippen molar-refractivity contribution < 1.29 is 19.0 Å². The molecule has 3 rings (SSSR count). The van der Waals surface area contributed by atoms with Crippen molar-refractivity contribution in [2.45, 2.75) is 0 Å². The number of rotatable bonds is 8. The van der Waals surface area contributed by atoms with E-state index in [0.29, 0.717) is 36.0 Å². The first-order chi connectivity index (χ1) is 12.7. The Labute approximate surface area is 149 Å². The molecule has 0 unspecified atom stereocenters. The van der Waals surface area contributed by atoms with Gasteiger partial charge < -0.3 is 19.9 Å². The number of nitrogens with one attached hydrogen (secondary N) is 1. The van der Waals surface area contributed by atoms with Crippen LogP contribution in [0, 0.1) is 0 Å². The highest BCUT2D eigenvalue weighted by Gasteiger charge is 2.17. The van der Waals surface area contributed by atoms with Gasteiger partial charge in [-0.1, -0.05) is 18.2 Å². The van der Waals surface area contributed by atoms with Crippen molar-refractivity contribution in [2.24, 2.45) is 5.73 Å². The number of carbonyl (C=O) groups is 1. The molecule has 26 heavy (non-hydrogen) atoms. The quantitative estimate of drug-likeness (QED) is 0.599. The van der Waals surface area contributed by atoms with Crippen molar-refractivity contribution >= 4 is 5.91 Å². The average molecular weight is 354 g/mol. The van der Waals surface area contributed by atoms with Gasteiger partial charge in [-0.3, -0.25) is 4.79 Å². The summed E-state index contributed by atoms with van der Waals surface area (Å²) in [6, 6.07) is 14.7. The van der Waals surface area contributed by atoms with Gasteiger partial charge in [0.05, 0.1) is 7.11 Å². The van der Waals surface area contributed by atoms with E-state index >= 15 is 0 Å². The van der Waals surface area contributed by atoms with E-state index in [0.717, 1.165) is 5.75 Å². The molecule has 8 nitrogen and oxygen atoms in total. The molecule has 3 N–H and O–H groups in total. The molecule has 0 saturated heterocycles. The highest BCUT2D eigenvalue weighted by Crippen LogP contribution is 2.32. The Balaban J connectivity index is 1.67. The van der Waals surface area contributed by atoms with E-state index in [1.165, 1.54) is 7.11 Å². The van der Waals surface area contributed by atoms with Gasteiger partial charge in [-0.15, -0.1) is 0 Å². The number of hydrogen-bond donors (Lipinski definition) is 2. The number of primary amides is 1. The minimum absolute atomic E-state index is 0.0667. The molecule has 0 spiro atoms. The number of aromatic amines is 1. The molecule has 1 heterocycles. The zero-order chi connectivity index (χ0) is 18.4. The van der Waals surface area contributed by atoms with E-state index in [1.807, 2.05) is 30.3 Å². The Hall–Kier alpha value is -3.55. The highest BCUT2D eigenvalue weighted by molar-refractivity contribution is 5.96. The molecule has 1 aromatic heterocycles. The van der Waals surface area contributed by atoms with Crippen molar-refractivity contribution in [1.29, 1.82) is 0 Å². The van der Waals surface area contributed by atoms with Gasteiger partial charge in [0.15, 0.2) is 17.2 Å². The zero-order valence-corrected chi connectivity index (χ0v) is 14.1. The number of para-hydroxylation sites is 1. The van der Waals surface area contributed by atoms with E-state index in [9.17, 15) is 4.79 Å². The molecule has 134 valence electrons. The van der Waals surface area contributed by atoms with E-state index in [4.69, 9.17) is 19.9 Å². The molecule has 0 aliphatic rings. The summed E-state index contributed by atoms with van der Waals surface area (Å²) in [4.78, 5) is 11.4. The second-order valence-corrected chi connectivity index (χ2v) is 5.26. The number of methoxy groups -OCH3 is 1. The molecule has 3 aromatic rings. The molecule has 0 atom stereocenters. The van der Waals surface area contributed by atoms with Crippen LogP contribution in [0.25, 0.3) is 11.3 Å².